The maximum Gasteiger partial charge on any atom is 0.264 e. The Morgan fingerprint density at radius 3 is 2.38 bits per heavy atom. The van der Waals surface area contributed by atoms with E-state index in [9.17, 15) is 19.6 Å². The van der Waals surface area contributed by atoms with Crippen LogP contribution in [0.5, 0.6) is 11.5 Å². The Balaban J connectivity index is 1.05. The van der Waals surface area contributed by atoms with Crippen molar-refractivity contribution in [2.24, 2.45) is 7.05 Å². The first kappa shape index (κ1) is 39.8. The lowest BCUT2D eigenvalue weighted by molar-refractivity contribution is -0.133. The fourth-order valence-corrected chi connectivity index (χ4v) is 7.86. The third-order valence-corrected chi connectivity index (χ3v) is 11.1. The molecule has 1 fully saturated rings. The minimum atomic E-state index is -0.336. The number of aromatic nitrogens is 3. The van der Waals surface area contributed by atoms with Crippen LogP contribution in [0, 0.1) is 11.3 Å². The fourth-order valence-electron chi connectivity index (χ4n) is 7.29. The fraction of sp³-hybridized carbons (Fsp3) is 0.349. The van der Waals surface area contributed by atoms with Crippen molar-refractivity contribution < 1.29 is 19.1 Å². The second-order valence-electron chi connectivity index (χ2n) is 13.9. The topological polar surface area (TPSA) is 134 Å². The van der Waals surface area contributed by atoms with E-state index < -0.39 is 0 Å². The van der Waals surface area contributed by atoms with E-state index in [4.69, 9.17) is 9.47 Å². The summed E-state index contributed by atoms with van der Waals surface area (Å²) in [5.74, 6) is 1.17. The van der Waals surface area contributed by atoms with Crippen LogP contribution in [-0.4, -0.2) is 88.5 Å². The normalized spacial score (nSPS) is 14.0. The van der Waals surface area contributed by atoms with E-state index in [1.54, 1.807) is 62.4 Å². The number of benzene rings is 2. The van der Waals surface area contributed by atoms with Gasteiger partial charge in [-0.15, -0.1) is 11.3 Å². The number of ether oxygens (including phenoxy) is 2. The second-order valence-corrected chi connectivity index (χ2v) is 14.8. The highest BCUT2D eigenvalue weighted by molar-refractivity contribution is 7.10. The summed E-state index contributed by atoms with van der Waals surface area (Å²) >= 11 is 1.38. The number of aryl methyl sites for hydroxylation is 2. The maximum atomic E-state index is 13.3. The van der Waals surface area contributed by atoms with E-state index in [-0.39, 0.29) is 29.0 Å². The van der Waals surface area contributed by atoms with Gasteiger partial charge in [0.1, 0.15) is 28.1 Å². The van der Waals surface area contributed by atoms with E-state index in [0.29, 0.717) is 67.5 Å². The Morgan fingerprint density at radius 2 is 1.75 bits per heavy atom. The van der Waals surface area contributed by atoms with Crippen molar-refractivity contribution in [3.8, 4) is 28.7 Å². The van der Waals surface area contributed by atoms with Gasteiger partial charge in [0.05, 0.1) is 31.2 Å². The molecule has 2 aromatic carbocycles. The van der Waals surface area contributed by atoms with Gasteiger partial charge in [0.2, 0.25) is 5.91 Å². The summed E-state index contributed by atoms with van der Waals surface area (Å²) in [5, 5.41) is 13.5. The summed E-state index contributed by atoms with van der Waals surface area (Å²) < 4.78 is 13.3. The Morgan fingerprint density at radius 1 is 1.04 bits per heavy atom. The third-order valence-electron chi connectivity index (χ3n) is 10.4. The number of methoxy groups -OCH3 is 2. The first-order valence-electron chi connectivity index (χ1n) is 18.7. The highest BCUT2D eigenvalue weighted by Crippen LogP contribution is 2.38. The molecule has 0 aliphatic carbocycles. The van der Waals surface area contributed by atoms with Crippen molar-refractivity contribution in [1.29, 1.82) is 5.26 Å². The van der Waals surface area contributed by atoms with Gasteiger partial charge in [-0.1, -0.05) is 37.6 Å². The Kier molecular flexibility index (Phi) is 12.9. The number of fused-ring (bicyclic) bond motifs is 1. The van der Waals surface area contributed by atoms with Crippen LogP contribution in [0.1, 0.15) is 53.9 Å². The van der Waals surface area contributed by atoms with Crippen molar-refractivity contribution in [2.75, 3.05) is 47.4 Å². The molecule has 0 N–H and O–H groups in total. The molecule has 0 saturated carbocycles. The smallest absolute Gasteiger partial charge is 0.264 e. The van der Waals surface area contributed by atoms with Gasteiger partial charge in [0.25, 0.3) is 11.5 Å². The molecule has 12 nitrogen and oxygen atoms in total. The summed E-state index contributed by atoms with van der Waals surface area (Å²) in [6.07, 6.45) is 10.9. The molecule has 4 heterocycles. The largest absolute Gasteiger partial charge is 0.496 e. The SMILES string of the molecule is CCCC(c1ccc(CCC(=O)N2CCN(Cc3c(OC)cc(-c4cn(C)c(=O)c5cnccc45)cc3OC)CC2)cc1)N(C)C(=O)/C(C#N)=C/c1nccs1. The van der Waals surface area contributed by atoms with E-state index >= 15 is 0 Å². The number of carbonyl (C=O) groups excluding carboxylic acids is 2. The number of pyridine rings is 2. The summed E-state index contributed by atoms with van der Waals surface area (Å²) in [7, 11) is 6.76. The zero-order valence-corrected chi connectivity index (χ0v) is 33.3. The lowest BCUT2D eigenvalue weighted by atomic mass is 9.97. The number of likely N-dealkylation sites (N-methyl/N-ethyl adjacent to an activating group) is 1. The molecule has 13 heteroatoms. The quantitative estimate of drug-likeness (QED) is 0.0948. The van der Waals surface area contributed by atoms with Gasteiger partial charge in [0.15, 0.2) is 0 Å². The van der Waals surface area contributed by atoms with Crippen LogP contribution in [0.4, 0.5) is 0 Å². The number of piperazine rings is 1. The minimum absolute atomic E-state index is 0.0550. The van der Waals surface area contributed by atoms with Crippen LogP contribution in [0.15, 0.2) is 83.0 Å². The standard InChI is InChI=1S/C43H47N7O5S/c1-6-7-37(48(3)42(52)32(25-44)24-40-46-16-21-56-40)30-11-8-29(9-12-30)10-13-41(51)50-19-17-49(18-20-50)28-36-38(54-4)22-31(23-39(36)55-5)35-27-47(2)43(53)34-26-45-15-14-33(34)35/h8-9,11-12,14-16,21-24,26-27,37H,6-7,10,13,17-20,28H2,1-5H3/b32-24+. The van der Waals surface area contributed by atoms with E-state index in [1.165, 1.54) is 11.3 Å². The average molecular weight is 774 g/mol. The number of hydrogen-bond donors (Lipinski definition) is 0. The van der Waals surface area contributed by atoms with E-state index in [1.807, 2.05) is 65.0 Å². The molecule has 0 spiro atoms. The molecule has 0 radical (unpaired) electrons. The average Bonchev–Trinajstić information content (AvgIpc) is 3.76. The molecule has 56 heavy (non-hydrogen) atoms. The lowest BCUT2D eigenvalue weighted by Crippen LogP contribution is -2.48. The zero-order chi connectivity index (χ0) is 39.8. The van der Waals surface area contributed by atoms with Crippen molar-refractivity contribution >= 4 is 40.0 Å². The number of hydrogen-bond acceptors (Lipinski definition) is 10. The van der Waals surface area contributed by atoms with Gasteiger partial charge in [-0.05, 0) is 59.2 Å². The number of thiazole rings is 1. The molecule has 5 aromatic rings. The molecule has 1 atom stereocenters. The summed E-state index contributed by atoms with van der Waals surface area (Å²) in [4.78, 5) is 53.6. The molecule has 2 amide bonds. The molecule has 1 aliphatic rings. The Bertz CT molecular complexity index is 2280. The molecule has 6 rings (SSSR count). The first-order valence-corrected chi connectivity index (χ1v) is 19.6. The highest BCUT2D eigenvalue weighted by atomic mass is 32.1. The van der Waals surface area contributed by atoms with Crippen LogP contribution >= 0.6 is 11.3 Å². The van der Waals surface area contributed by atoms with E-state index in [2.05, 4.69) is 21.8 Å². The minimum Gasteiger partial charge on any atom is -0.496 e. The summed E-state index contributed by atoms with van der Waals surface area (Å²) in [6, 6.07) is 15.8. The van der Waals surface area contributed by atoms with Crippen LogP contribution in [0.25, 0.3) is 28.0 Å². The maximum absolute atomic E-state index is 13.3. The Hall–Kier alpha value is -5.84. The zero-order valence-electron chi connectivity index (χ0n) is 32.5. The van der Waals surface area contributed by atoms with Crippen molar-refractivity contribution in [3.63, 3.8) is 0 Å². The molecule has 3 aromatic heterocycles. The predicted molar refractivity (Wildman–Crippen MR) is 218 cm³/mol. The number of nitriles is 1. The van der Waals surface area contributed by atoms with Gasteiger partial charge in [-0.3, -0.25) is 24.3 Å². The van der Waals surface area contributed by atoms with Crippen LogP contribution in [0.2, 0.25) is 0 Å². The van der Waals surface area contributed by atoms with Crippen LogP contribution < -0.4 is 15.0 Å². The van der Waals surface area contributed by atoms with E-state index in [0.717, 1.165) is 46.0 Å². The number of nitrogens with zero attached hydrogens (tertiary/aromatic N) is 7. The third kappa shape index (κ3) is 8.83. The number of carbonyl (C=O) groups is 2. The molecule has 1 saturated heterocycles. The monoisotopic (exact) mass is 773 g/mol. The molecular weight excluding hydrogens is 727 g/mol. The van der Waals surface area contributed by atoms with Gasteiger partial charge in [-0.25, -0.2) is 4.98 Å². The molecule has 1 unspecified atom stereocenters. The van der Waals surface area contributed by atoms with Crippen LogP contribution in [0.3, 0.4) is 0 Å². The lowest BCUT2D eigenvalue weighted by Gasteiger charge is -2.35. The molecule has 1 aliphatic heterocycles. The summed E-state index contributed by atoms with van der Waals surface area (Å²) in [5.41, 5.74) is 4.66. The van der Waals surface area contributed by atoms with Crippen LogP contribution in [-0.2, 0) is 29.6 Å². The molecule has 0 bridgehead atoms. The predicted octanol–water partition coefficient (Wildman–Crippen LogP) is 6.26. The molecular formula is C43H47N7O5S. The Labute approximate surface area is 331 Å². The number of amides is 2. The van der Waals surface area contributed by atoms with Gasteiger partial charge < -0.3 is 23.8 Å². The van der Waals surface area contributed by atoms with Gasteiger partial charge in [0, 0.05) is 89.0 Å². The molecule has 290 valence electrons. The van der Waals surface area contributed by atoms with Crippen molar-refractivity contribution in [1.82, 2.24) is 29.2 Å². The first-order chi connectivity index (χ1) is 27.1. The number of rotatable bonds is 14. The van der Waals surface area contributed by atoms with Gasteiger partial charge in [-0.2, -0.15) is 5.26 Å². The highest BCUT2D eigenvalue weighted by Gasteiger charge is 2.26. The summed E-state index contributed by atoms with van der Waals surface area (Å²) in [6.45, 7) is 5.34. The van der Waals surface area contributed by atoms with Crippen molar-refractivity contribution in [2.45, 2.75) is 45.2 Å². The van der Waals surface area contributed by atoms with Crippen molar-refractivity contribution in [3.05, 3.63) is 110 Å². The second kappa shape index (κ2) is 18.2. The van der Waals surface area contributed by atoms with Gasteiger partial charge >= 0.3 is 0 Å².